The molecule has 0 aromatic heterocycles. The minimum Gasteiger partial charge on any atom is -0.335 e. The number of rotatable bonds is 1. The van der Waals surface area contributed by atoms with E-state index in [4.69, 9.17) is 5.84 Å². The Morgan fingerprint density at radius 2 is 1.69 bits per heavy atom. The molecule has 0 aromatic rings. The predicted molar refractivity (Wildman–Crippen MR) is 62.7 cm³/mol. The standard InChI is InChI=1S/C11H22N4O/c12-15-8-6-14(7-9-15)11(16)13-10-4-2-1-3-5-10/h10H,1-9,12H2,(H,13,16). The largest absolute Gasteiger partial charge is 0.335 e. The van der Waals surface area contributed by atoms with Gasteiger partial charge < -0.3 is 10.2 Å². The normalized spacial score (nSPS) is 24.4. The van der Waals surface area contributed by atoms with E-state index < -0.39 is 0 Å². The molecule has 16 heavy (non-hydrogen) atoms. The maximum absolute atomic E-state index is 11.9. The summed E-state index contributed by atoms with van der Waals surface area (Å²) in [4.78, 5) is 13.8. The average Bonchev–Trinajstić information content (AvgIpc) is 2.31. The Kier molecular flexibility index (Phi) is 4.01. The number of carbonyl (C=O) groups is 1. The molecule has 0 unspecified atom stereocenters. The number of piperazine rings is 1. The lowest BCUT2D eigenvalue weighted by Crippen LogP contribution is -2.55. The molecule has 0 bridgehead atoms. The fourth-order valence-corrected chi connectivity index (χ4v) is 2.44. The summed E-state index contributed by atoms with van der Waals surface area (Å²) in [5.74, 6) is 5.66. The van der Waals surface area contributed by atoms with E-state index in [2.05, 4.69) is 5.32 Å². The summed E-state index contributed by atoms with van der Waals surface area (Å²) in [5, 5.41) is 4.90. The second-order valence-corrected chi connectivity index (χ2v) is 4.81. The average molecular weight is 226 g/mol. The lowest BCUT2D eigenvalue weighted by molar-refractivity contribution is 0.136. The zero-order valence-corrected chi connectivity index (χ0v) is 9.82. The molecule has 2 fully saturated rings. The third kappa shape index (κ3) is 3.09. The topological polar surface area (TPSA) is 61.6 Å². The molecule has 1 aliphatic heterocycles. The molecule has 92 valence electrons. The molecular weight excluding hydrogens is 204 g/mol. The van der Waals surface area contributed by atoms with Gasteiger partial charge in [0.2, 0.25) is 0 Å². The Bertz CT molecular complexity index is 232. The summed E-state index contributed by atoms with van der Waals surface area (Å²) < 4.78 is 0. The van der Waals surface area contributed by atoms with Gasteiger partial charge in [-0.1, -0.05) is 19.3 Å². The number of nitrogens with two attached hydrogens (primary N) is 1. The van der Waals surface area contributed by atoms with Crippen LogP contribution in [0.3, 0.4) is 0 Å². The molecule has 0 spiro atoms. The minimum atomic E-state index is 0.0972. The van der Waals surface area contributed by atoms with Crippen molar-refractivity contribution in [3.63, 3.8) is 0 Å². The van der Waals surface area contributed by atoms with Crippen LogP contribution in [-0.2, 0) is 0 Å². The van der Waals surface area contributed by atoms with Crippen molar-refractivity contribution in [3.8, 4) is 0 Å². The highest BCUT2D eigenvalue weighted by Crippen LogP contribution is 2.17. The van der Waals surface area contributed by atoms with E-state index in [1.165, 1.54) is 19.3 Å². The molecule has 0 aromatic carbocycles. The van der Waals surface area contributed by atoms with E-state index >= 15 is 0 Å². The van der Waals surface area contributed by atoms with Gasteiger partial charge in [-0.05, 0) is 12.8 Å². The Balaban J connectivity index is 1.74. The fourth-order valence-electron chi connectivity index (χ4n) is 2.44. The zero-order chi connectivity index (χ0) is 11.4. The van der Waals surface area contributed by atoms with Crippen LogP contribution < -0.4 is 11.2 Å². The second kappa shape index (κ2) is 5.50. The van der Waals surface area contributed by atoms with Crippen LogP contribution in [0.4, 0.5) is 4.79 Å². The van der Waals surface area contributed by atoms with Crippen LogP contribution in [0, 0.1) is 0 Å². The Morgan fingerprint density at radius 1 is 1.06 bits per heavy atom. The molecule has 2 amide bonds. The number of hydrazine groups is 1. The molecule has 1 saturated carbocycles. The molecule has 0 atom stereocenters. The molecule has 5 nitrogen and oxygen atoms in total. The summed E-state index contributed by atoms with van der Waals surface area (Å²) in [6.07, 6.45) is 6.10. The first kappa shape index (κ1) is 11.7. The molecule has 2 aliphatic rings. The molecule has 3 N–H and O–H groups in total. The SMILES string of the molecule is NN1CCN(C(=O)NC2CCCCC2)CC1. The number of urea groups is 1. The second-order valence-electron chi connectivity index (χ2n) is 4.81. The highest BCUT2D eigenvalue weighted by molar-refractivity contribution is 5.74. The van der Waals surface area contributed by atoms with Gasteiger partial charge in [0.05, 0.1) is 0 Å². The molecule has 1 heterocycles. The Labute approximate surface area is 96.9 Å². The van der Waals surface area contributed by atoms with E-state index in [0.29, 0.717) is 6.04 Å². The van der Waals surface area contributed by atoms with Crippen molar-refractivity contribution >= 4 is 6.03 Å². The maximum atomic E-state index is 11.9. The number of nitrogens with one attached hydrogen (secondary N) is 1. The summed E-state index contributed by atoms with van der Waals surface area (Å²) in [7, 11) is 0. The van der Waals surface area contributed by atoms with E-state index in [1.54, 1.807) is 5.01 Å². The Hall–Kier alpha value is -0.810. The van der Waals surface area contributed by atoms with Gasteiger partial charge >= 0.3 is 6.03 Å². The van der Waals surface area contributed by atoms with Gasteiger partial charge in [-0.3, -0.25) is 5.84 Å². The van der Waals surface area contributed by atoms with Gasteiger partial charge in [-0.25, -0.2) is 9.80 Å². The van der Waals surface area contributed by atoms with Gasteiger partial charge in [0, 0.05) is 32.2 Å². The van der Waals surface area contributed by atoms with Crippen molar-refractivity contribution in [1.29, 1.82) is 0 Å². The van der Waals surface area contributed by atoms with Crippen LogP contribution in [0.1, 0.15) is 32.1 Å². The van der Waals surface area contributed by atoms with E-state index in [9.17, 15) is 4.79 Å². The van der Waals surface area contributed by atoms with Crippen LogP contribution in [0.2, 0.25) is 0 Å². The van der Waals surface area contributed by atoms with Crippen molar-refractivity contribution in [2.45, 2.75) is 38.1 Å². The van der Waals surface area contributed by atoms with Crippen LogP contribution in [-0.4, -0.2) is 48.2 Å². The Morgan fingerprint density at radius 3 is 2.31 bits per heavy atom. The lowest BCUT2D eigenvalue weighted by atomic mass is 9.96. The number of hydrogen-bond acceptors (Lipinski definition) is 3. The van der Waals surface area contributed by atoms with Crippen molar-refractivity contribution in [2.24, 2.45) is 5.84 Å². The first-order valence-corrected chi connectivity index (χ1v) is 6.31. The van der Waals surface area contributed by atoms with Crippen molar-refractivity contribution in [3.05, 3.63) is 0 Å². The minimum absolute atomic E-state index is 0.0972. The number of hydrogen-bond donors (Lipinski definition) is 2. The van der Waals surface area contributed by atoms with Crippen LogP contribution in [0.5, 0.6) is 0 Å². The van der Waals surface area contributed by atoms with Crippen molar-refractivity contribution < 1.29 is 4.79 Å². The van der Waals surface area contributed by atoms with Crippen LogP contribution >= 0.6 is 0 Å². The van der Waals surface area contributed by atoms with Gasteiger partial charge in [0.25, 0.3) is 0 Å². The third-order valence-corrected chi connectivity index (χ3v) is 3.53. The molecule has 5 heteroatoms. The summed E-state index contributed by atoms with van der Waals surface area (Å²) in [6, 6.07) is 0.497. The predicted octanol–water partition coefficient (Wildman–Crippen LogP) is 0.520. The van der Waals surface area contributed by atoms with Crippen LogP contribution in [0.15, 0.2) is 0 Å². The molecular formula is C11H22N4O. The number of nitrogens with zero attached hydrogens (tertiary/aromatic N) is 2. The van der Waals surface area contributed by atoms with Gasteiger partial charge in [-0.2, -0.15) is 0 Å². The first-order chi connectivity index (χ1) is 7.75. The number of amides is 2. The zero-order valence-electron chi connectivity index (χ0n) is 9.82. The fraction of sp³-hybridized carbons (Fsp3) is 0.909. The third-order valence-electron chi connectivity index (χ3n) is 3.53. The molecule has 1 saturated heterocycles. The summed E-state index contributed by atoms with van der Waals surface area (Å²) in [5.41, 5.74) is 0. The van der Waals surface area contributed by atoms with E-state index in [1.807, 2.05) is 4.90 Å². The molecule has 0 radical (unpaired) electrons. The highest BCUT2D eigenvalue weighted by atomic mass is 16.2. The molecule has 1 aliphatic carbocycles. The van der Waals surface area contributed by atoms with Gasteiger partial charge in [0.15, 0.2) is 0 Å². The van der Waals surface area contributed by atoms with Crippen molar-refractivity contribution in [2.75, 3.05) is 26.2 Å². The maximum Gasteiger partial charge on any atom is 0.317 e. The highest BCUT2D eigenvalue weighted by Gasteiger charge is 2.22. The first-order valence-electron chi connectivity index (χ1n) is 6.31. The summed E-state index contributed by atoms with van der Waals surface area (Å²) >= 11 is 0. The quantitative estimate of drug-likeness (QED) is 0.641. The van der Waals surface area contributed by atoms with Gasteiger partial charge in [-0.15, -0.1) is 0 Å². The molecule has 2 rings (SSSR count). The van der Waals surface area contributed by atoms with Gasteiger partial charge in [0.1, 0.15) is 0 Å². The van der Waals surface area contributed by atoms with E-state index in [0.717, 1.165) is 39.0 Å². The van der Waals surface area contributed by atoms with E-state index in [-0.39, 0.29) is 6.03 Å². The van der Waals surface area contributed by atoms with Crippen molar-refractivity contribution in [1.82, 2.24) is 15.2 Å². The smallest absolute Gasteiger partial charge is 0.317 e. The monoisotopic (exact) mass is 226 g/mol. The lowest BCUT2D eigenvalue weighted by Gasteiger charge is -2.33. The van der Waals surface area contributed by atoms with Crippen LogP contribution in [0.25, 0.3) is 0 Å². The summed E-state index contributed by atoms with van der Waals surface area (Å²) in [6.45, 7) is 3.04. The number of carbonyl (C=O) groups excluding carboxylic acids is 1.